The highest BCUT2D eigenvalue weighted by Crippen LogP contribution is 2.24. The molecule has 0 unspecified atom stereocenters. The third-order valence-electron chi connectivity index (χ3n) is 3.81. The van der Waals surface area contributed by atoms with Gasteiger partial charge in [-0.05, 0) is 68.5 Å². The summed E-state index contributed by atoms with van der Waals surface area (Å²) in [4.78, 5) is 16.2. The Kier molecular flexibility index (Phi) is 7.21. The lowest BCUT2D eigenvalue weighted by Crippen LogP contribution is -2.30. The molecule has 3 N–H and O–H groups in total. The van der Waals surface area contributed by atoms with Crippen LogP contribution in [0.25, 0.3) is 0 Å². The van der Waals surface area contributed by atoms with Gasteiger partial charge in [0.05, 0.1) is 0 Å². The lowest BCUT2D eigenvalue weighted by atomic mass is 10.3. The van der Waals surface area contributed by atoms with Gasteiger partial charge in [0.1, 0.15) is 17.2 Å². The Morgan fingerprint density at radius 2 is 1.70 bits per heavy atom. The van der Waals surface area contributed by atoms with Crippen molar-refractivity contribution in [1.29, 1.82) is 0 Å². The molecule has 0 spiro atoms. The first-order valence-corrected chi connectivity index (χ1v) is 10.1. The van der Waals surface area contributed by atoms with E-state index in [0.717, 1.165) is 11.4 Å². The number of carbonyl (C=O) groups is 1. The second-order valence-electron chi connectivity index (χ2n) is 6.72. The van der Waals surface area contributed by atoms with Gasteiger partial charge >= 0.3 is 0 Å². The number of hydrogen-bond acceptors (Lipinski definition) is 4. The van der Waals surface area contributed by atoms with E-state index in [1.807, 2.05) is 50.2 Å². The van der Waals surface area contributed by atoms with Crippen LogP contribution in [-0.4, -0.2) is 22.0 Å². The van der Waals surface area contributed by atoms with Gasteiger partial charge in [-0.1, -0.05) is 17.7 Å². The number of nitrogens with one attached hydrogen (secondary N) is 3. The van der Waals surface area contributed by atoms with Crippen LogP contribution in [0.2, 0.25) is 5.02 Å². The first-order chi connectivity index (χ1) is 14.4. The van der Waals surface area contributed by atoms with Crippen LogP contribution < -0.4 is 20.7 Å². The number of rotatable bonds is 6. The van der Waals surface area contributed by atoms with E-state index >= 15 is 0 Å². The van der Waals surface area contributed by atoms with Crippen molar-refractivity contribution < 1.29 is 9.53 Å². The van der Waals surface area contributed by atoms with Crippen molar-refractivity contribution >= 4 is 46.2 Å². The molecule has 0 saturated carbocycles. The summed E-state index contributed by atoms with van der Waals surface area (Å²) < 4.78 is 5.89. The average Bonchev–Trinajstić information content (AvgIpc) is 2.70. The Bertz CT molecular complexity index is 1040. The van der Waals surface area contributed by atoms with E-state index < -0.39 is 0 Å². The minimum Gasteiger partial charge on any atom is -0.457 e. The fourth-order valence-electron chi connectivity index (χ4n) is 2.54. The summed E-state index contributed by atoms with van der Waals surface area (Å²) in [6.07, 6.45) is 1.54. The maximum atomic E-state index is 12.1. The van der Waals surface area contributed by atoms with Crippen LogP contribution in [0.4, 0.5) is 11.4 Å². The van der Waals surface area contributed by atoms with Crippen molar-refractivity contribution in [2.24, 2.45) is 0 Å². The number of nitrogens with zero attached hydrogens (tertiary/aromatic N) is 1. The Hall–Kier alpha value is -3.16. The summed E-state index contributed by atoms with van der Waals surface area (Å²) in [5.74, 6) is 0.859. The normalized spacial score (nSPS) is 10.4. The highest BCUT2D eigenvalue weighted by atomic mass is 35.5. The second-order valence-corrected chi connectivity index (χ2v) is 7.57. The van der Waals surface area contributed by atoms with Gasteiger partial charge in [-0.25, -0.2) is 0 Å². The predicted molar refractivity (Wildman–Crippen MR) is 125 cm³/mol. The minimum atomic E-state index is -0.246. The number of hydrogen-bond donors (Lipinski definition) is 3. The lowest BCUT2D eigenvalue weighted by molar-refractivity contribution is 0.0937. The molecule has 8 heteroatoms. The van der Waals surface area contributed by atoms with Crippen molar-refractivity contribution in [3.8, 4) is 11.5 Å². The molecule has 0 aliphatic rings. The van der Waals surface area contributed by atoms with Crippen molar-refractivity contribution in [3.05, 3.63) is 77.6 Å². The van der Waals surface area contributed by atoms with Gasteiger partial charge in [-0.3, -0.25) is 9.78 Å². The largest absolute Gasteiger partial charge is 0.457 e. The molecule has 0 aliphatic heterocycles. The second kappa shape index (κ2) is 10.0. The molecule has 1 aromatic heterocycles. The minimum absolute atomic E-state index is 0.0250. The molecule has 0 atom stereocenters. The van der Waals surface area contributed by atoms with E-state index in [4.69, 9.17) is 28.6 Å². The monoisotopic (exact) mass is 440 g/mol. The number of benzene rings is 2. The fraction of sp³-hybridized carbons (Fsp3) is 0.136. The van der Waals surface area contributed by atoms with Gasteiger partial charge in [-0.15, -0.1) is 0 Å². The molecule has 3 aromatic rings. The molecule has 1 heterocycles. The molecule has 154 valence electrons. The van der Waals surface area contributed by atoms with Crippen molar-refractivity contribution in [2.45, 2.75) is 19.9 Å². The highest BCUT2D eigenvalue weighted by Gasteiger charge is 2.10. The van der Waals surface area contributed by atoms with E-state index in [-0.39, 0.29) is 11.9 Å². The van der Waals surface area contributed by atoms with Gasteiger partial charge < -0.3 is 20.7 Å². The van der Waals surface area contributed by atoms with E-state index in [1.165, 1.54) is 6.20 Å². The molecular weight excluding hydrogens is 420 g/mol. The molecule has 1 amide bonds. The Morgan fingerprint density at radius 3 is 2.43 bits per heavy atom. The molecule has 6 nitrogen and oxygen atoms in total. The molecular formula is C22H21ClN4O2S. The van der Waals surface area contributed by atoms with E-state index in [2.05, 4.69) is 20.9 Å². The molecule has 0 fully saturated rings. The Morgan fingerprint density at radius 1 is 1.00 bits per heavy atom. The number of anilines is 2. The number of aromatic nitrogens is 1. The third kappa shape index (κ3) is 6.43. The molecule has 30 heavy (non-hydrogen) atoms. The van der Waals surface area contributed by atoms with Gasteiger partial charge in [0, 0.05) is 40.8 Å². The summed E-state index contributed by atoms with van der Waals surface area (Å²) >= 11 is 11.2. The van der Waals surface area contributed by atoms with Crippen molar-refractivity contribution in [3.63, 3.8) is 0 Å². The number of ether oxygens (including phenoxy) is 1. The quantitative estimate of drug-likeness (QED) is 0.441. The molecule has 0 saturated heterocycles. The topological polar surface area (TPSA) is 75.3 Å². The van der Waals surface area contributed by atoms with Crippen molar-refractivity contribution in [1.82, 2.24) is 10.3 Å². The smallest absolute Gasteiger partial charge is 0.270 e. The molecule has 0 radical (unpaired) electrons. The summed E-state index contributed by atoms with van der Waals surface area (Å²) in [7, 11) is 0. The SMILES string of the molecule is CC(C)NC(=O)c1cc(Oc2cccc(NC(=S)Nc3ccc(Cl)cc3)c2)ccn1. The van der Waals surface area contributed by atoms with Crippen LogP contribution in [0.15, 0.2) is 66.9 Å². The first kappa shape index (κ1) is 21.5. The number of pyridine rings is 1. The zero-order valence-corrected chi connectivity index (χ0v) is 18.1. The fourth-order valence-corrected chi connectivity index (χ4v) is 2.90. The Labute approximate surface area is 185 Å². The summed E-state index contributed by atoms with van der Waals surface area (Å²) in [5.41, 5.74) is 1.88. The molecule has 0 bridgehead atoms. The van der Waals surface area contributed by atoms with E-state index in [9.17, 15) is 4.79 Å². The first-order valence-electron chi connectivity index (χ1n) is 9.27. The van der Waals surface area contributed by atoms with Crippen LogP contribution in [-0.2, 0) is 0 Å². The number of halogens is 1. The molecule has 0 aliphatic carbocycles. The predicted octanol–water partition coefficient (Wildman–Crippen LogP) is 5.47. The van der Waals surface area contributed by atoms with Crippen LogP contribution in [0.5, 0.6) is 11.5 Å². The summed E-state index contributed by atoms with van der Waals surface area (Å²) in [6, 6.07) is 17.9. The number of carbonyl (C=O) groups excluding carboxylic acids is 1. The average molecular weight is 441 g/mol. The van der Waals surface area contributed by atoms with E-state index in [0.29, 0.717) is 27.3 Å². The number of amides is 1. The van der Waals surface area contributed by atoms with Crippen LogP contribution in [0, 0.1) is 0 Å². The molecule has 3 rings (SSSR count). The number of thiocarbonyl (C=S) groups is 1. The van der Waals surface area contributed by atoms with Gasteiger partial charge in [-0.2, -0.15) is 0 Å². The summed E-state index contributed by atoms with van der Waals surface area (Å²) in [6.45, 7) is 3.78. The van der Waals surface area contributed by atoms with Crippen LogP contribution in [0.3, 0.4) is 0 Å². The zero-order chi connectivity index (χ0) is 21.5. The standard InChI is InChI=1S/C22H21ClN4O2S/c1-14(2)25-21(28)20-13-19(10-11-24-20)29-18-5-3-4-17(12-18)27-22(30)26-16-8-6-15(23)7-9-16/h3-14H,1-2H3,(H,25,28)(H2,26,27,30). The molecule has 2 aromatic carbocycles. The third-order valence-corrected chi connectivity index (χ3v) is 4.27. The van der Waals surface area contributed by atoms with Gasteiger partial charge in [0.15, 0.2) is 5.11 Å². The van der Waals surface area contributed by atoms with Crippen LogP contribution in [0.1, 0.15) is 24.3 Å². The van der Waals surface area contributed by atoms with Gasteiger partial charge in [0.2, 0.25) is 0 Å². The maximum Gasteiger partial charge on any atom is 0.270 e. The van der Waals surface area contributed by atoms with Crippen LogP contribution >= 0.6 is 23.8 Å². The zero-order valence-electron chi connectivity index (χ0n) is 16.5. The highest BCUT2D eigenvalue weighted by molar-refractivity contribution is 7.80. The maximum absolute atomic E-state index is 12.1. The van der Waals surface area contributed by atoms with E-state index in [1.54, 1.807) is 24.3 Å². The van der Waals surface area contributed by atoms with Crippen molar-refractivity contribution in [2.75, 3.05) is 10.6 Å². The summed E-state index contributed by atoms with van der Waals surface area (Å²) in [5, 5.41) is 10.1. The van der Waals surface area contributed by atoms with Gasteiger partial charge in [0.25, 0.3) is 5.91 Å². The Balaban J connectivity index is 1.65. The lowest BCUT2D eigenvalue weighted by Gasteiger charge is -2.12.